The fourth-order valence-corrected chi connectivity index (χ4v) is 2.40. The van der Waals surface area contributed by atoms with Gasteiger partial charge in [-0.25, -0.2) is 0 Å². The van der Waals surface area contributed by atoms with Crippen molar-refractivity contribution in [3.63, 3.8) is 0 Å². The minimum absolute atomic E-state index is 0.348. The van der Waals surface area contributed by atoms with Crippen LogP contribution in [0.5, 0.6) is 0 Å². The molecule has 2 heteroatoms. The molecule has 0 aliphatic heterocycles. The normalized spacial score (nSPS) is 17.8. The molecule has 14 heavy (non-hydrogen) atoms. The van der Waals surface area contributed by atoms with Crippen molar-refractivity contribution in [1.82, 2.24) is 0 Å². The van der Waals surface area contributed by atoms with Crippen molar-refractivity contribution in [2.45, 2.75) is 45.4 Å². The van der Waals surface area contributed by atoms with E-state index >= 15 is 0 Å². The van der Waals surface area contributed by atoms with Crippen molar-refractivity contribution in [3.8, 4) is 0 Å². The Morgan fingerprint density at radius 3 is 2.93 bits per heavy atom. The van der Waals surface area contributed by atoms with Gasteiger partial charge in [0, 0.05) is 6.42 Å². The monoisotopic (exact) mass is 212 g/mol. The van der Waals surface area contributed by atoms with E-state index in [0.29, 0.717) is 5.78 Å². The quantitative estimate of drug-likeness (QED) is 0.648. The molecule has 0 aromatic heterocycles. The predicted octanol–water partition coefficient (Wildman–Crippen LogP) is 3.59. The van der Waals surface area contributed by atoms with Crippen LogP contribution < -0.4 is 0 Å². The SMILES string of the molecule is CCSCCCC1=CC(=O)CCCC1. The van der Waals surface area contributed by atoms with Gasteiger partial charge in [0.25, 0.3) is 0 Å². The largest absolute Gasteiger partial charge is 0.295 e. The van der Waals surface area contributed by atoms with Crippen LogP contribution in [-0.2, 0) is 4.79 Å². The Morgan fingerprint density at radius 1 is 1.36 bits per heavy atom. The third-order valence-electron chi connectivity index (χ3n) is 2.53. The highest BCUT2D eigenvalue weighted by Crippen LogP contribution is 2.20. The fraction of sp³-hybridized carbons (Fsp3) is 0.750. The van der Waals surface area contributed by atoms with Crippen molar-refractivity contribution >= 4 is 17.5 Å². The zero-order valence-electron chi connectivity index (χ0n) is 9.05. The van der Waals surface area contributed by atoms with E-state index in [1.807, 2.05) is 17.8 Å². The molecule has 0 radical (unpaired) electrons. The first-order valence-corrected chi connectivity index (χ1v) is 6.78. The molecule has 0 heterocycles. The van der Waals surface area contributed by atoms with Crippen LogP contribution in [0.3, 0.4) is 0 Å². The van der Waals surface area contributed by atoms with Crippen LogP contribution in [0.2, 0.25) is 0 Å². The van der Waals surface area contributed by atoms with Gasteiger partial charge >= 0.3 is 0 Å². The summed E-state index contributed by atoms with van der Waals surface area (Å²) >= 11 is 1.99. The fourth-order valence-electron chi connectivity index (χ4n) is 1.77. The minimum Gasteiger partial charge on any atom is -0.295 e. The molecule has 1 aliphatic carbocycles. The molecule has 0 aromatic carbocycles. The van der Waals surface area contributed by atoms with Gasteiger partial charge < -0.3 is 0 Å². The number of rotatable bonds is 5. The van der Waals surface area contributed by atoms with Gasteiger partial charge in [-0.05, 0) is 49.7 Å². The second kappa shape index (κ2) is 7.10. The van der Waals surface area contributed by atoms with Crippen LogP contribution >= 0.6 is 11.8 Å². The molecule has 0 aromatic rings. The first-order valence-electron chi connectivity index (χ1n) is 5.63. The molecule has 1 nitrogen and oxygen atoms in total. The van der Waals surface area contributed by atoms with Crippen molar-refractivity contribution < 1.29 is 4.79 Å². The Kier molecular flexibility index (Phi) is 6.00. The molecular formula is C12H20OS. The highest BCUT2D eigenvalue weighted by Gasteiger charge is 2.07. The van der Waals surface area contributed by atoms with E-state index in [0.717, 1.165) is 25.7 Å². The lowest BCUT2D eigenvalue weighted by atomic mass is 10.1. The van der Waals surface area contributed by atoms with E-state index in [2.05, 4.69) is 6.92 Å². The highest BCUT2D eigenvalue weighted by molar-refractivity contribution is 7.99. The molecule has 0 spiro atoms. The summed E-state index contributed by atoms with van der Waals surface area (Å²) < 4.78 is 0. The zero-order chi connectivity index (χ0) is 10.2. The molecule has 0 N–H and O–H groups in total. The molecular weight excluding hydrogens is 192 g/mol. The molecule has 0 saturated heterocycles. The van der Waals surface area contributed by atoms with Crippen LogP contribution in [0.25, 0.3) is 0 Å². The lowest BCUT2D eigenvalue weighted by Crippen LogP contribution is -1.91. The molecule has 0 fully saturated rings. The molecule has 80 valence electrons. The Morgan fingerprint density at radius 2 is 2.14 bits per heavy atom. The van der Waals surface area contributed by atoms with Gasteiger partial charge in [-0.3, -0.25) is 4.79 Å². The van der Waals surface area contributed by atoms with E-state index < -0.39 is 0 Å². The summed E-state index contributed by atoms with van der Waals surface area (Å²) in [7, 11) is 0. The predicted molar refractivity (Wildman–Crippen MR) is 63.8 cm³/mol. The van der Waals surface area contributed by atoms with E-state index in [1.54, 1.807) is 0 Å². The molecule has 1 rings (SSSR count). The van der Waals surface area contributed by atoms with E-state index in [1.165, 1.54) is 29.9 Å². The summed E-state index contributed by atoms with van der Waals surface area (Å²) in [4.78, 5) is 11.3. The van der Waals surface area contributed by atoms with E-state index in [-0.39, 0.29) is 0 Å². The van der Waals surface area contributed by atoms with Gasteiger partial charge in [0.05, 0.1) is 0 Å². The second-order valence-electron chi connectivity index (χ2n) is 3.78. The Balaban J connectivity index is 2.24. The smallest absolute Gasteiger partial charge is 0.155 e. The molecule has 0 bridgehead atoms. The van der Waals surface area contributed by atoms with Crippen molar-refractivity contribution in [2.75, 3.05) is 11.5 Å². The first kappa shape index (κ1) is 11.8. The Hall–Kier alpha value is -0.240. The topological polar surface area (TPSA) is 17.1 Å². The van der Waals surface area contributed by atoms with Crippen LogP contribution in [-0.4, -0.2) is 17.3 Å². The van der Waals surface area contributed by atoms with Crippen molar-refractivity contribution in [2.24, 2.45) is 0 Å². The number of hydrogen-bond donors (Lipinski definition) is 0. The summed E-state index contributed by atoms with van der Waals surface area (Å²) in [6, 6.07) is 0. The summed E-state index contributed by atoms with van der Waals surface area (Å²) in [5.41, 5.74) is 1.39. The number of ketones is 1. The summed E-state index contributed by atoms with van der Waals surface area (Å²) in [6.07, 6.45) is 8.50. The van der Waals surface area contributed by atoms with Gasteiger partial charge in [0.15, 0.2) is 5.78 Å². The van der Waals surface area contributed by atoms with Crippen LogP contribution in [0, 0.1) is 0 Å². The second-order valence-corrected chi connectivity index (χ2v) is 5.17. The van der Waals surface area contributed by atoms with Crippen LogP contribution in [0.15, 0.2) is 11.6 Å². The molecule has 0 atom stereocenters. The Labute approximate surface area is 91.3 Å². The number of carbonyl (C=O) groups is 1. The van der Waals surface area contributed by atoms with Gasteiger partial charge in [-0.15, -0.1) is 0 Å². The maximum absolute atomic E-state index is 11.3. The number of hydrogen-bond acceptors (Lipinski definition) is 2. The Bertz CT molecular complexity index is 208. The highest BCUT2D eigenvalue weighted by atomic mass is 32.2. The lowest BCUT2D eigenvalue weighted by Gasteiger charge is -2.03. The average molecular weight is 212 g/mol. The first-order chi connectivity index (χ1) is 6.83. The zero-order valence-corrected chi connectivity index (χ0v) is 9.87. The number of thioether (sulfide) groups is 1. The maximum atomic E-state index is 11.3. The van der Waals surface area contributed by atoms with Crippen LogP contribution in [0.4, 0.5) is 0 Å². The maximum Gasteiger partial charge on any atom is 0.155 e. The summed E-state index contributed by atoms with van der Waals surface area (Å²) in [6.45, 7) is 2.19. The lowest BCUT2D eigenvalue weighted by molar-refractivity contribution is -0.114. The minimum atomic E-state index is 0.348. The third kappa shape index (κ3) is 4.85. The number of allylic oxidation sites excluding steroid dienone is 2. The van der Waals surface area contributed by atoms with Gasteiger partial charge in [-0.1, -0.05) is 12.5 Å². The van der Waals surface area contributed by atoms with Crippen LogP contribution in [0.1, 0.15) is 45.4 Å². The van der Waals surface area contributed by atoms with Crippen molar-refractivity contribution in [1.29, 1.82) is 0 Å². The summed E-state index contributed by atoms with van der Waals surface area (Å²) in [5, 5.41) is 0. The average Bonchev–Trinajstić information content (AvgIpc) is 2.38. The molecule has 1 aliphatic rings. The molecule has 0 unspecified atom stereocenters. The van der Waals surface area contributed by atoms with Gasteiger partial charge in [0.1, 0.15) is 0 Å². The standard InChI is InChI=1S/C12H20OS/c1-2-14-9-5-7-11-6-3-4-8-12(13)10-11/h10H,2-9H2,1H3. The van der Waals surface area contributed by atoms with Gasteiger partial charge in [-0.2, -0.15) is 11.8 Å². The number of carbonyl (C=O) groups excluding carboxylic acids is 1. The van der Waals surface area contributed by atoms with Gasteiger partial charge in [0.2, 0.25) is 0 Å². The molecule has 0 amide bonds. The summed E-state index contributed by atoms with van der Waals surface area (Å²) in [5.74, 6) is 2.79. The van der Waals surface area contributed by atoms with E-state index in [4.69, 9.17) is 0 Å². The van der Waals surface area contributed by atoms with E-state index in [9.17, 15) is 4.79 Å². The van der Waals surface area contributed by atoms with Crippen molar-refractivity contribution in [3.05, 3.63) is 11.6 Å². The third-order valence-corrected chi connectivity index (χ3v) is 3.51. The molecule has 0 saturated carbocycles.